The number of aromatic amines is 1. The summed E-state index contributed by atoms with van der Waals surface area (Å²) in [5, 5.41) is 0.986. The highest BCUT2D eigenvalue weighted by Gasteiger charge is 2.38. The molecule has 1 aliphatic heterocycles. The first-order chi connectivity index (χ1) is 13.5. The molecule has 0 atom stereocenters. The molecule has 0 spiro atoms. The van der Waals surface area contributed by atoms with E-state index in [1.165, 1.54) is 12.1 Å². The van der Waals surface area contributed by atoms with Crippen LogP contribution in [0.1, 0.15) is 39.4 Å². The zero-order valence-corrected chi connectivity index (χ0v) is 14.7. The normalized spacial score (nSPS) is 13.1. The van der Waals surface area contributed by atoms with Crippen LogP contribution in [0.4, 0.5) is 0 Å². The molecule has 0 bridgehead atoms. The number of imide groups is 1. The molecular weight excluding hydrogens is 362 g/mol. The number of hydroxylamine groups is 2. The third kappa shape index (κ3) is 3.16. The first-order valence-electron chi connectivity index (χ1n) is 8.71. The van der Waals surface area contributed by atoms with Crippen LogP contribution in [-0.2, 0) is 16.1 Å². The molecule has 0 saturated heterocycles. The van der Waals surface area contributed by atoms with Crippen molar-refractivity contribution in [1.29, 1.82) is 0 Å². The first-order valence-corrected chi connectivity index (χ1v) is 8.71. The summed E-state index contributed by atoms with van der Waals surface area (Å²) in [6, 6.07) is 13.2. The Morgan fingerprint density at radius 3 is 2.32 bits per heavy atom. The highest BCUT2D eigenvalue weighted by Crippen LogP contribution is 2.23. The van der Waals surface area contributed by atoms with Crippen LogP contribution in [0, 0.1) is 0 Å². The number of benzene rings is 2. The predicted molar refractivity (Wildman–Crippen MR) is 98.3 cm³/mol. The van der Waals surface area contributed by atoms with E-state index in [4.69, 9.17) is 4.84 Å². The zero-order valence-electron chi connectivity index (χ0n) is 14.7. The lowest BCUT2D eigenvalue weighted by molar-refractivity contribution is -0.168. The predicted octanol–water partition coefficient (Wildman–Crippen LogP) is 2.00. The first kappa shape index (κ1) is 17.6. The Morgan fingerprint density at radius 1 is 0.964 bits per heavy atom. The number of aryl methyl sites for hydroxylation is 1. The standard InChI is InChI=1S/C20H15N3O5/c24-17(28-23-19(26)12-6-1-2-7-13(12)20(23)27)11-5-10-16-21-15-9-4-3-8-14(15)18(25)22-16/h1-4,6-9H,5,10-11H2,(H,21,22,25). The van der Waals surface area contributed by atoms with Gasteiger partial charge in [0.15, 0.2) is 0 Å². The van der Waals surface area contributed by atoms with Crippen LogP contribution in [-0.4, -0.2) is 32.8 Å². The molecule has 0 fully saturated rings. The average Bonchev–Trinajstić information content (AvgIpc) is 2.93. The summed E-state index contributed by atoms with van der Waals surface area (Å²) in [7, 11) is 0. The molecule has 3 aromatic rings. The minimum Gasteiger partial charge on any atom is -0.330 e. The van der Waals surface area contributed by atoms with E-state index >= 15 is 0 Å². The second-order valence-corrected chi connectivity index (χ2v) is 6.30. The van der Waals surface area contributed by atoms with Gasteiger partial charge in [-0.25, -0.2) is 9.78 Å². The number of fused-ring (bicyclic) bond motifs is 2. The molecule has 0 saturated carbocycles. The van der Waals surface area contributed by atoms with Gasteiger partial charge in [0.2, 0.25) is 0 Å². The minimum absolute atomic E-state index is 0.0378. The number of nitrogens with one attached hydrogen (secondary N) is 1. The second-order valence-electron chi connectivity index (χ2n) is 6.30. The van der Waals surface area contributed by atoms with Crippen molar-refractivity contribution < 1.29 is 19.2 Å². The summed E-state index contributed by atoms with van der Waals surface area (Å²) in [6.45, 7) is 0. The van der Waals surface area contributed by atoms with E-state index in [9.17, 15) is 19.2 Å². The largest absolute Gasteiger partial charge is 0.333 e. The number of hydrogen-bond donors (Lipinski definition) is 1. The Hall–Kier alpha value is -3.81. The highest BCUT2D eigenvalue weighted by molar-refractivity contribution is 6.20. The quantitative estimate of drug-likeness (QED) is 0.681. The molecule has 8 heteroatoms. The van der Waals surface area contributed by atoms with Gasteiger partial charge in [0.05, 0.1) is 22.0 Å². The summed E-state index contributed by atoms with van der Waals surface area (Å²) in [5.41, 5.74) is 0.750. The van der Waals surface area contributed by atoms with Crippen molar-refractivity contribution >= 4 is 28.7 Å². The Labute approximate surface area is 158 Å². The summed E-state index contributed by atoms with van der Waals surface area (Å²) in [4.78, 5) is 60.4. The molecule has 0 aliphatic carbocycles. The molecule has 28 heavy (non-hydrogen) atoms. The fourth-order valence-electron chi connectivity index (χ4n) is 3.05. The van der Waals surface area contributed by atoms with Gasteiger partial charge < -0.3 is 9.82 Å². The van der Waals surface area contributed by atoms with Crippen molar-refractivity contribution in [2.75, 3.05) is 0 Å². The van der Waals surface area contributed by atoms with Crippen molar-refractivity contribution in [3.63, 3.8) is 0 Å². The van der Waals surface area contributed by atoms with E-state index in [2.05, 4.69) is 9.97 Å². The summed E-state index contributed by atoms with van der Waals surface area (Å²) in [5.74, 6) is -1.57. The third-order valence-corrected chi connectivity index (χ3v) is 4.41. The van der Waals surface area contributed by atoms with Gasteiger partial charge in [0.25, 0.3) is 17.4 Å². The molecule has 2 heterocycles. The van der Waals surface area contributed by atoms with Crippen LogP contribution in [0.2, 0.25) is 0 Å². The van der Waals surface area contributed by atoms with E-state index in [1.54, 1.807) is 36.4 Å². The maximum Gasteiger partial charge on any atom is 0.333 e. The summed E-state index contributed by atoms with van der Waals surface area (Å²) in [6.07, 6.45) is 0.643. The molecule has 8 nitrogen and oxygen atoms in total. The third-order valence-electron chi connectivity index (χ3n) is 4.41. The van der Waals surface area contributed by atoms with Crippen molar-refractivity contribution in [3.05, 3.63) is 75.8 Å². The Morgan fingerprint density at radius 2 is 1.61 bits per heavy atom. The van der Waals surface area contributed by atoms with Crippen LogP contribution < -0.4 is 5.56 Å². The smallest absolute Gasteiger partial charge is 0.330 e. The van der Waals surface area contributed by atoms with E-state index in [1.807, 2.05) is 0 Å². The van der Waals surface area contributed by atoms with Crippen molar-refractivity contribution in [1.82, 2.24) is 15.0 Å². The lowest BCUT2D eigenvalue weighted by Crippen LogP contribution is -2.32. The molecule has 2 aromatic carbocycles. The number of carbonyl (C=O) groups excluding carboxylic acids is 3. The maximum atomic E-state index is 12.2. The SMILES string of the molecule is O=C(CCCc1nc2ccccc2c(=O)[nH]1)ON1C(=O)c2ccccc2C1=O. The van der Waals surface area contributed by atoms with Crippen LogP contribution in [0.25, 0.3) is 10.9 Å². The number of hydrogen-bond acceptors (Lipinski definition) is 6. The van der Waals surface area contributed by atoms with E-state index < -0.39 is 17.8 Å². The summed E-state index contributed by atoms with van der Waals surface area (Å²) >= 11 is 0. The average molecular weight is 377 g/mol. The summed E-state index contributed by atoms with van der Waals surface area (Å²) < 4.78 is 0. The molecule has 1 aliphatic rings. The number of H-pyrrole nitrogens is 1. The van der Waals surface area contributed by atoms with Gasteiger partial charge in [0.1, 0.15) is 5.82 Å². The van der Waals surface area contributed by atoms with E-state index in [-0.39, 0.29) is 23.1 Å². The van der Waals surface area contributed by atoms with Crippen molar-refractivity contribution in [3.8, 4) is 0 Å². The van der Waals surface area contributed by atoms with Crippen molar-refractivity contribution in [2.24, 2.45) is 0 Å². The molecule has 2 amide bonds. The van der Waals surface area contributed by atoms with Gasteiger partial charge >= 0.3 is 5.97 Å². The number of carbonyl (C=O) groups is 3. The molecule has 0 unspecified atom stereocenters. The van der Waals surface area contributed by atoms with Gasteiger partial charge in [-0.1, -0.05) is 29.3 Å². The van der Waals surface area contributed by atoms with Crippen LogP contribution in [0.15, 0.2) is 53.3 Å². The van der Waals surface area contributed by atoms with Gasteiger partial charge in [-0.05, 0) is 30.7 Å². The Bertz CT molecular complexity index is 1130. The fourth-order valence-corrected chi connectivity index (χ4v) is 3.05. The van der Waals surface area contributed by atoms with E-state index in [0.29, 0.717) is 34.6 Å². The van der Waals surface area contributed by atoms with E-state index in [0.717, 1.165) is 0 Å². The van der Waals surface area contributed by atoms with Crippen molar-refractivity contribution in [2.45, 2.75) is 19.3 Å². The van der Waals surface area contributed by atoms with Gasteiger partial charge in [-0.15, -0.1) is 0 Å². The number of aromatic nitrogens is 2. The topological polar surface area (TPSA) is 109 Å². The number of rotatable bonds is 5. The lowest BCUT2D eigenvalue weighted by Gasteiger charge is -2.12. The highest BCUT2D eigenvalue weighted by atomic mass is 16.7. The molecule has 1 aromatic heterocycles. The van der Waals surface area contributed by atoms with Gasteiger partial charge in [-0.2, -0.15) is 0 Å². The Balaban J connectivity index is 1.36. The Kier molecular flexibility index (Phi) is 4.44. The minimum atomic E-state index is -0.711. The van der Waals surface area contributed by atoms with Crippen LogP contribution in [0.3, 0.4) is 0 Å². The van der Waals surface area contributed by atoms with Crippen LogP contribution >= 0.6 is 0 Å². The maximum absolute atomic E-state index is 12.2. The lowest BCUT2D eigenvalue weighted by atomic mass is 10.1. The fraction of sp³-hybridized carbons (Fsp3) is 0.150. The zero-order chi connectivity index (χ0) is 19.7. The number of amides is 2. The van der Waals surface area contributed by atoms with Gasteiger partial charge in [0, 0.05) is 12.8 Å². The van der Waals surface area contributed by atoms with Gasteiger partial charge in [-0.3, -0.25) is 14.4 Å². The molecule has 4 rings (SSSR count). The van der Waals surface area contributed by atoms with Crippen LogP contribution in [0.5, 0.6) is 0 Å². The number of para-hydroxylation sites is 1. The molecule has 140 valence electrons. The second kappa shape index (κ2) is 7.07. The molecule has 1 N–H and O–H groups in total. The number of nitrogens with zero attached hydrogens (tertiary/aromatic N) is 2. The monoisotopic (exact) mass is 377 g/mol. The molecule has 0 radical (unpaired) electrons. The molecular formula is C20H15N3O5.